The Labute approximate surface area is 105 Å². The van der Waals surface area contributed by atoms with Crippen LogP contribution in [-0.4, -0.2) is 25.8 Å². The Morgan fingerprint density at radius 1 is 1.56 bits per heavy atom. The van der Waals surface area contributed by atoms with Gasteiger partial charge in [-0.15, -0.1) is 0 Å². The Morgan fingerprint density at radius 2 is 2.17 bits per heavy atom. The van der Waals surface area contributed by atoms with Crippen molar-refractivity contribution in [3.8, 4) is 0 Å². The summed E-state index contributed by atoms with van der Waals surface area (Å²) in [6.07, 6.45) is 1.00. The largest absolute Gasteiger partial charge is 0.481 e. The van der Waals surface area contributed by atoms with Gasteiger partial charge in [0.15, 0.2) is 0 Å². The Hall–Kier alpha value is -1.92. The van der Waals surface area contributed by atoms with Gasteiger partial charge in [0, 0.05) is 6.54 Å². The maximum atomic E-state index is 11.3. The molecule has 0 saturated heterocycles. The van der Waals surface area contributed by atoms with Crippen molar-refractivity contribution in [3.05, 3.63) is 21.5 Å². The average molecular weight is 255 g/mol. The highest BCUT2D eigenvalue weighted by Gasteiger charge is 2.34. The topological polar surface area (TPSA) is 98.3 Å². The number of rotatable bonds is 6. The van der Waals surface area contributed by atoms with Crippen LogP contribution in [0.25, 0.3) is 0 Å². The van der Waals surface area contributed by atoms with Crippen LogP contribution in [-0.2, 0) is 11.3 Å². The van der Waals surface area contributed by atoms with Gasteiger partial charge in [0.2, 0.25) is 0 Å². The summed E-state index contributed by atoms with van der Waals surface area (Å²) in [5.41, 5.74) is 0.297. The van der Waals surface area contributed by atoms with Crippen molar-refractivity contribution in [1.29, 1.82) is 0 Å². The van der Waals surface area contributed by atoms with Crippen molar-refractivity contribution in [2.75, 3.05) is 0 Å². The lowest BCUT2D eigenvalue weighted by Crippen LogP contribution is -2.17. The summed E-state index contributed by atoms with van der Waals surface area (Å²) in [4.78, 5) is 21.8. The second-order valence-corrected chi connectivity index (χ2v) is 4.07. The molecule has 1 heterocycles. The first-order valence-electron chi connectivity index (χ1n) is 5.88. The minimum Gasteiger partial charge on any atom is -0.481 e. The van der Waals surface area contributed by atoms with Crippen LogP contribution in [0.4, 0.5) is 5.69 Å². The van der Waals surface area contributed by atoms with E-state index in [4.69, 9.17) is 0 Å². The van der Waals surface area contributed by atoms with E-state index in [1.807, 2.05) is 6.92 Å². The molecule has 7 nitrogen and oxygen atoms in total. The zero-order valence-corrected chi connectivity index (χ0v) is 10.7. The zero-order valence-electron chi connectivity index (χ0n) is 10.7. The molecular weight excluding hydrogens is 238 g/mol. The number of carboxylic acid groups (broad SMARTS) is 1. The zero-order chi connectivity index (χ0) is 13.9. The Morgan fingerprint density at radius 3 is 2.56 bits per heavy atom. The highest BCUT2D eigenvalue weighted by atomic mass is 16.6. The lowest BCUT2D eigenvalue weighted by atomic mass is 9.98. The van der Waals surface area contributed by atoms with E-state index in [-0.39, 0.29) is 17.1 Å². The highest BCUT2D eigenvalue weighted by Crippen LogP contribution is 2.32. The minimum atomic E-state index is -1.05. The molecule has 18 heavy (non-hydrogen) atoms. The average Bonchev–Trinajstić information content (AvgIpc) is 2.62. The Kier molecular flexibility index (Phi) is 4.41. The predicted octanol–water partition coefficient (Wildman–Crippen LogP) is 2.09. The van der Waals surface area contributed by atoms with Crippen LogP contribution in [0.1, 0.15) is 44.0 Å². The van der Waals surface area contributed by atoms with Crippen molar-refractivity contribution in [2.45, 2.75) is 46.1 Å². The van der Waals surface area contributed by atoms with Crippen molar-refractivity contribution in [3.63, 3.8) is 0 Å². The third-order valence-electron chi connectivity index (χ3n) is 2.82. The first-order valence-corrected chi connectivity index (χ1v) is 5.88. The summed E-state index contributed by atoms with van der Waals surface area (Å²) in [6.45, 7) is 5.57. The van der Waals surface area contributed by atoms with Gasteiger partial charge in [0.1, 0.15) is 17.3 Å². The molecule has 0 amide bonds. The summed E-state index contributed by atoms with van der Waals surface area (Å²) < 4.78 is 1.42. The van der Waals surface area contributed by atoms with E-state index < -0.39 is 16.8 Å². The summed E-state index contributed by atoms with van der Waals surface area (Å²) in [5, 5.41) is 24.3. The van der Waals surface area contributed by atoms with Gasteiger partial charge in [0.25, 0.3) is 0 Å². The second-order valence-electron chi connectivity index (χ2n) is 4.07. The van der Waals surface area contributed by atoms with Gasteiger partial charge in [0.05, 0.1) is 4.92 Å². The van der Waals surface area contributed by atoms with Crippen LogP contribution < -0.4 is 0 Å². The van der Waals surface area contributed by atoms with E-state index >= 15 is 0 Å². The van der Waals surface area contributed by atoms with Crippen molar-refractivity contribution in [2.24, 2.45) is 0 Å². The van der Waals surface area contributed by atoms with Gasteiger partial charge < -0.3 is 5.11 Å². The predicted molar refractivity (Wildman–Crippen MR) is 64.6 cm³/mol. The number of carboxylic acids is 1. The number of aryl methyl sites for hydroxylation is 2. The van der Waals surface area contributed by atoms with Crippen LogP contribution in [0.2, 0.25) is 0 Å². The molecule has 7 heteroatoms. The maximum Gasteiger partial charge on any atom is 0.313 e. The molecule has 0 aromatic carbocycles. The van der Waals surface area contributed by atoms with E-state index in [0.717, 1.165) is 0 Å². The molecule has 0 aliphatic heterocycles. The maximum absolute atomic E-state index is 11.3. The van der Waals surface area contributed by atoms with Crippen LogP contribution in [0.5, 0.6) is 0 Å². The van der Waals surface area contributed by atoms with Crippen LogP contribution in [0, 0.1) is 17.0 Å². The normalized spacial score (nSPS) is 12.4. The molecular formula is C11H17N3O4. The number of carbonyl (C=O) groups is 1. The molecule has 0 aliphatic carbocycles. The van der Waals surface area contributed by atoms with E-state index in [2.05, 4.69) is 5.10 Å². The third kappa shape index (κ3) is 2.49. The molecule has 0 bridgehead atoms. The molecule has 100 valence electrons. The molecule has 1 aromatic heterocycles. The number of aliphatic carboxylic acids is 1. The summed E-state index contributed by atoms with van der Waals surface area (Å²) in [7, 11) is 0. The smallest absolute Gasteiger partial charge is 0.313 e. The molecule has 0 fully saturated rings. The van der Waals surface area contributed by atoms with Crippen molar-refractivity contribution >= 4 is 11.7 Å². The SMILES string of the molecule is CCCC(C(=O)O)c1c([N+](=O)[O-])c(C)nn1CC. The number of hydrogen-bond donors (Lipinski definition) is 1. The van der Waals surface area contributed by atoms with Crippen LogP contribution in [0.3, 0.4) is 0 Å². The molecule has 0 aliphatic rings. The third-order valence-corrected chi connectivity index (χ3v) is 2.82. The Balaban J connectivity index is 3.42. The number of aromatic nitrogens is 2. The molecule has 1 unspecified atom stereocenters. The Bertz CT molecular complexity index is 467. The molecule has 0 saturated carbocycles. The molecule has 0 radical (unpaired) electrons. The van der Waals surface area contributed by atoms with Crippen LogP contribution in [0.15, 0.2) is 0 Å². The summed E-state index contributed by atoms with van der Waals surface area (Å²) in [6, 6.07) is 0. The van der Waals surface area contributed by atoms with Gasteiger partial charge in [-0.1, -0.05) is 13.3 Å². The van der Waals surface area contributed by atoms with Gasteiger partial charge in [-0.25, -0.2) is 0 Å². The lowest BCUT2D eigenvalue weighted by Gasteiger charge is -2.12. The standard InChI is InChI=1S/C11H17N3O4/c1-4-6-8(11(15)16)10-9(14(17)18)7(3)12-13(10)5-2/h8H,4-6H2,1-3H3,(H,15,16). The number of nitro groups is 1. The number of hydrogen-bond acceptors (Lipinski definition) is 4. The highest BCUT2D eigenvalue weighted by molar-refractivity contribution is 5.77. The van der Waals surface area contributed by atoms with Gasteiger partial charge >= 0.3 is 11.7 Å². The molecule has 0 spiro atoms. The number of nitrogens with zero attached hydrogens (tertiary/aromatic N) is 3. The lowest BCUT2D eigenvalue weighted by molar-refractivity contribution is -0.386. The first kappa shape index (κ1) is 14.1. The fraction of sp³-hybridized carbons (Fsp3) is 0.636. The molecule has 1 rings (SSSR count). The van der Waals surface area contributed by atoms with E-state index in [1.54, 1.807) is 6.92 Å². The van der Waals surface area contributed by atoms with E-state index in [9.17, 15) is 20.0 Å². The molecule has 1 aromatic rings. The second kappa shape index (κ2) is 5.61. The van der Waals surface area contributed by atoms with Crippen molar-refractivity contribution in [1.82, 2.24) is 9.78 Å². The summed E-state index contributed by atoms with van der Waals surface area (Å²) >= 11 is 0. The van der Waals surface area contributed by atoms with E-state index in [0.29, 0.717) is 19.4 Å². The molecule has 1 atom stereocenters. The fourth-order valence-corrected chi connectivity index (χ4v) is 2.07. The van der Waals surface area contributed by atoms with E-state index in [1.165, 1.54) is 11.6 Å². The monoisotopic (exact) mass is 255 g/mol. The summed E-state index contributed by atoms with van der Waals surface area (Å²) in [5.74, 6) is -1.92. The van der Waals surface area contributed by atoms with Crippen molar-refractivity contribution < 1.29 is 14.8 Å². The molecule has 1 N–H and O–H groups in total. The first-order chi connectivity index (χ1) is 8.43. The minimum absolute atomic E-state index is 0.169. The quantitative estimate of drug-likeness (QED) is 0.619. The van der Waals surface area contributed by atoms with Gasteiger partial charge in [-0.05, 0) is 20.3 Å². The van der Waals surface area contributed by atoms with Gasteiger partial charge in [-0.3, -0.25) is 19.6 Å². The fourth-order valence-electron chi connectivity index (χ4n) is 2.07. The van der Waals surface area contributed by atoms with Gasteiger partial charge in [-0.2, -0.15) is 5.10 Å². The van der Waals surface area contributed by atoms with Crippen LogP contribution >= 0.6 is 0 Å².